The van der Waals surface area contributed by atoms with Crippen molar-refractivity contribution in [2.75, 3.05) is 31.9 Å². The highest BCUT2D eigenvalue weighted by Gasteiger charge is 2.16. The van der Waals surface area contributed by atoms with E-state index >= 15 is 0 Å². The average molecular weight is 361 g/mol. The van der Waals surface area contributed by atoms with Gasteiger partial charge >= 0.3 is 0 Å². The molecule has 0 saturated carbocycles. The highest BCUT2D eigenvalue weighted by Crippen LogP contribution is 2.26. The number of hydrogen-bond donors (Lipinski definition) is 2. The topological polar surface area (TPSA) is 94.8 Å². The van der Waals surface area contributed by atoms with Crippen LogP contribution in [-0.4, -0.2) is 46.8 Å². The van der Waals surface area contributed by atoms with Crippen LogP contribution < -0.4 is 10.8 Å². The lowest BCUT2D eigenvalue weighted by atomic mass is 10.1. The molecular weight excluding hydrogens is 328 g/mol. The summed E-state index contributed by atoms with van der Waals surface area (Å²) >= 11 is 0. The molecule has 0 aliphatic heterocycles. The number of carbonyl (C=O) groups excluding carboxylic acids is 1. The summed E-state index contributed by atoms with van der Waals surface area (Å²) in [7, 11) is 0. The Balaban J connectivity index is 0.000000321. The predicted octanol–water partition coefficient (Wildman–Crippen LogP) is 2.47. The second-order valence-corrected chi connectivity index (χ2v) is 6.31. The molecule has 0 amide bonds. The van der Waals surface area contributed by atoms with Crippen molar-refractivity contribution in [1.29, 1.82) is 0 Å². The van der Waals surface area contributed by atoms with Crippen LogP contribution in [0.4, 0.5) is 5.69 Å². The van der Waals surface area contributed by atoms with Crippen LogP contribution in [0.1, 0.15) is 50.7 Å². The molecule has 26 heavy (non-hydrogen) atoms. The molecule has 2 rings (SSSR count). The van der Waals surface area contributed by atoms with Crippen LogP contribution in [0.2, 0.25) is 0 Å². The first kappa shape index (κ1) is 21.7. The van der Waals surface area contributed by atoms with Crippen LogP contribution in [-0.2, 0) is 6.42 Å². The molecular formula is C20H32N4O2. The van der Waals surface area contributed by atoms with E-state index in [9.17, 15) is 9.90 Å². The molecule has 0 fully saturated rings. The summed E-state index contributed by atoms with van der Waals surface area (Å²) < 4.78 is 1.28. The summed E-state index contributed by atoms with van der Waals surface area (Å²) in [5.74, 6) is -1.36. The molecule has 1 aromatic heterocycles. The van der Waals surface area contributed by atoms with Crippen molar-refractivity contribution in [3.05, 3.63) is 35.5 Å². The summed E-state index contributed by atoms with van der Waals surface area (Å²) in [6, 6.07) is 7.65. The van der Waals surface area contributed by atoms with Gasteiger partial charge in [0.25, 0.3) is 0 Å². The predicted molar refractivity (Wildman–Crippen MR) is 105 cm³/mol. The van der Waals surface area contributed by atoms with Crippen molar-refractivity contribution >= 4 is 11.7 Å². The van der Waals surface area contributed by atoms with Gasteiger partial charge in [0.15, 0.2) is 0 Å². The van der Waals surface area contributed by atoms with Crippen LogP contribution in [0, 0.1) is 0 Å². The van der Waals surface area contributed by atoms with Crippen molar-refractivity contribution in [3.63, 3.8) is 0 Å². The largest absolute Gasteiger partial charge is 0.543 e. The molecule has 0 aliphatic rings. The maximum absolute atomic E-state index is 10.7. The van der Waals surface area contributed by atoms with Crippen molar-refractivity contribution in [2.24, 2.45) is 0 Å². The van der Waals surface area contributed by atoms with E-state index in [-0.39, 0.29) is 11.4 Å². The van der Waals surface area contributed by atoms with Crippen molar-refractivity contribution in [3.8, 4) is 11.3 Å². The molecule has 0 atom stereocenters. The molecule has 3 N–H and O–H groups in total. The number of nitrogens with two attached hydrogens (primary N) is 1. The maximum Gasteiger partial charge on any atom is 0.116 e. The molecule has 1 heterocycles. The summed E-state index contributed by atoms with van der Waals surface area (Å²) in [5, 5.41) is 17.0. The number of hydrogen-bond acceptors (Lipinski definition) is 4. The van der Waals surface area contributed by atoms with E-state index in [0.29, 0.717) is 5.69 Å². The first-order chi connectivity index (χ1) is 12.4. The van der Waals surface area contributed by atoms with E-state index in [2.05, 4.69) is 44.8 Å². The number of carboxylic acids is 1. The number of anilines is 1. The van der Waals surface area contributed by atoms with Gasteiger partial charge in [-0.3, -0.25) is 5.10 Å². The van der Waals surface area contributed by atoms with Gasteiger partial charge in [0.1, 0.15) is 11.4 Å². The quantitative estimate of drug-likeness (QED) is 0.742. The lowest BCUT2D eigenvalue weighted by Crippen LogP contribution is -2.47. The summed E-state index contributed by atoms with van der Waals surface area (Å²) in [6.45, 7) is 16.3. The first-order valence-electron chi connectivity index (χ1n) is 9.37. The Labute approximate surface area is 156 Å². The Morgan fingerprint density at radius 3 is 1.85 bits per heavy atom. The van der Waals surface area contributed by atoms with Gasteiger partial charge < -0.3 is 20.1 Å². The van der Waals surface area contributed by atoms with Gasteiger partial charge in [-0.2, -0.15) is 5.10 Å². The summed E-state index contributed by atoms with van der Waals surface area (Å²) in [5.41, 5.74) is 8.03. The van der Waals surface area contributed by atoms with Crippen molar-refractivity contribution < 1.29 is 14.4 Å². The molecule has 0 saturated heterocycles. The highest BCUT2D eigenvalue weighted by atomic mass is 16.4. The summed E-state index contributed by atoms with van der Waals surface area (Å²) in [4.78, 5) is 10.7. The number of nitrogen functional groups attached to an aromatic ring is 1. The molecule has 0 bridgehead atoms. The lowest BCUT2D eigenvalue weighted by molar-refractivity contribution is -0.921. The number of aromatic carboxylic acids is 1. The van der Waals surface area contributed by atoms with Crippen LogP contribution in [0.25, 0.3) is 11.3 Å². The third-order valence-electron chi connectivity index (χ3n) is 5.33. The molecule has 6 heteroatoms. The van der Waals surface area contributed by atoms with Gasteiger partial charge in [-0.15, -0.1) is 0 Å². The molecule has 2 aromatic rings. The zero-order chi connectivity index (χ0) is 19.7. The fourth-order valence-electron chi connectivity index (χ4n) is 2.97. The monoisotopic (exact) mass is 360 g/mol. The fourth-order valence-corrected chi connectivity index (χ4v) is 2.97. The zero-order valence-electron chi connectivity index (χ0n) is 16.6. The van der Waals surface area contributed by atoms with Gasteiger partial charge in [-0.05, 0) is 39.7 Å². The Morgan fingerprint density at radius 1 is 1.04 bits per heavy atom. The lowest BCUT2D eigenvalue weighted by Gasteiger charge is -2.34. The molecule has 6 nitrogen and oxygen atoms in total. The van der Waals surface area contributed by atoms with Gasteiger partial charge in [-0.1, -0.05) is 31.2 Å². The number of rotatable bonds is 7. The van der Waals surface area contributed by atoms with E-state index in [0.717, 1.165) is 12.0 Å². The Kier molecular flexibility index (Phi) is 8.32. The molecule has 1 aromatic carbocycles. The zero-order valence-corrected chi connectivity index (χ0v) is 16.6. The number of carboxylic acid groups (broad SMARTS) is 1. The van der Waals surface area contributed by atoms with Gasteiger partial charge in [0.05, 0.1) is 37.8 Å². The number of nitrogens with one attached hydrogen (secondary N) is 1. The fraction of sp³-hybridized carbons (Fsp3) is 0.500. The first-order valence-corrected chi connectivity index (χ1v) is 9.37. The SMILES string of the molecule is CC[N+](CC)(CC)CC.CCc1ccc(-c2n[nH]c(C(=O)[O-])c2N)cc1. The minimum absolute atomic E-state index is 0.106. The normalized spacial score (nSPS) is 11.0. The minimum atomic E-state index is -1.36. The number of benzene rings is 1. The number of nitrogens with zero attached hydrogens (tertiary/aromatic N) is 2. The highest BCUT2D eigenvalue weighted by molar-refractivity contribution is 5.94. The van der Waals surface area contributed by atoms with Crippen LogP contribution in [0.3, 0.4) is 0 Å². The number of H-pyrrole nitrogens is 1. The number of quaternary nitrogens is 1. The standard InChI is InChI=1S/C12H13N3O2.C8H20N/c1-2-7-3-5-8(6-4-7)10-9(13)11(12(16)17)15-14-10;1-5-9(6-2,7-3)8-4/h3-6H,2,13H2,1H3,(H,14,15)(H,16,17);5-8H2,1-4H3/q;+1/p-1. The number of aromatic amines is 1. The Bertz CT molecular complexity index is 671. The van der Waals surface area contributed by atoms with Crippen LogP contribution in [0.5, 0.6) is 0 Å². The van der Waals surface area contributed by atoms with E-state index < -0.39 is 5.97 Å². The Hall–Kier alpha value is -2.34. The molecule has 0 radical (unpaired) electrons. The van der Waals surface area contributed by atoms with Crippen molar-refractivity contribution in [2.45, 2.75) is 41.0 Å². The number of aromatic nitrogens is 2. The maximum atomic E-state index is 10.7. The average Bonchev–Trinajstić information content (AvgIpc) is 3.06. The second-order valence-electron chi connectivity index (χ2n) is 6.31. The molecule has 0 unspecified atom stereocenters. The van der Waals surface area contributed by atoms with Gasteiger partial charge in [0.2, 0.25) is 0 Å². The van der Waals surface area contributed by atoms with Crippen LogP contribution >= 0.6 is 0 Å². The van der Waals surface area contributed by atoms with Gasteiger partial charge in [0, 0.05) is 5.56 Å². The summed E-state index contributed by atoms with van der Waals surface area (Å²) in [6.07, 6.45) is 0.945. The van der Waals surface area contributed by atoms with E-state index in [1.807, 2.05) is 24.3 Å². The van der Waals surface area contributed by atoms with Crippen LogP contribution in [0.15, 0.2) is 24.3 Å². The van der Waals surface area contributed by atoms with E-state index in [4.69, 9.17) is 5.73 Å². The number of aryl methyl sites for hydroxylation is 1. The third-order valence-corrected chi connectivity index (χ3v) is 5.33. The minimum Gasteiger partial charge on any atom is -0.543 e. The van der Waals surface area contributed by atoms with E-state index in [1.54, 1.807) is 0 Å². The third kappa shape index (κ3) is 5.08. The Morgan fingerprint density at radius 2 is 1.54 bits per heavy atom. The molecule has 144 valence electrons. The molecule has 0 aliphatic carbocycles. The number of carbonyl (C=O) groups is 1. The molecule has 0 spiro atoms. The van der Waals surface area contributed by atoms with Crippen molar-refractivity contribution in [1.82, 2.24) is 10.2 Å². The van der Waals surface area contributed by atoms with E-state index in [1.165, 1.54) is 36.2 Å². The smallest absolute Gasteiger partial charge is 0.116 e. The van der Waals surface area contributed by atoms with Gasteiger partial charge in [-0.25, -0.2) is 0 Å². The second kappa shape index (κ2) is 9.97.